The van der Waals surface area contributed by atoms with Crippen molar-refractivity contribution in [2.24, 2.45) is 0 Å². The first-order chi connectivity index (χ1) is 10.9. The Labute approximate surface area is 136 Å². The maximum atomic E-state index is 13.0. The molecule has 0 saturated heterocycles. The predicted octanol–water partition coefficient (Wildman–Crippen LogP) is 3.79. The molecule has 0 aromatic heterocycles. The van der Waals surface area contributed by atoms with Gasteiger partial charge in [-0.15, -0.1) is 0 Å². The van der Waals surface area contributed by atoms with E-state index in [2.05, 4.69) is 5.32 Å². The summed E-state index contributed by atoms with van der Waals surface area (Å²) in [5, 5.41) is 13.3. The molecule has 0 heterocycles. The van der Waals surface area contributed by atoms with Crippen LogP contribution in [0.1, 0.15) is 6.92 Å². The van der Waals surface area contributed by atoms with Crippen molar-refractivity contribution in [1.82, 2.24) is 0 Å². The minimum absolute atomic E-state index is 0.0564. The normalized spacial score (nSPS) is 11.6. The van der Waals surface area contributed by atoms with E-state index in [1.54, 1.807) is 0 Å². The van der Waals surface area contributed by atoms with Crippen LogP contribution in [0.5, 0.6) is 5.75 Å². The van der Waals surface area contributed by atoms with Crippen LogP contribution in [-0.2, 0) is 4.79 Å². The highest BCUT2D eigenvalue weighted by molar-refractivity contribution is 6.33. The molecule has 2 rings (SSSR count). The maximum absolute atomic E-state index is 13.0. The summed E-state index contributed by atoms with van der Waals surface area (Å²) in [5.74, 6) is -0.856. The summed E-state index contributed by atoms with van der Waals surface area (Å²) in [4.78, 5) is 22.2. The fourth-order valence-corrected chi connectivity index (χ4v) is 1.97. The molecule has 0 spiro atoms. The number of hydrogen-bond acceptors (Lipinski definition) is 4. The van der Waals surface area contributed by atoms with Crippen LogP contribution in [0.4, 0.5) is 15.8 Å². The largest absolute Gasteiger partial charge is 0.481 e. The van der Waals surface area contributed by atoms with E-state index in [9.17, 15) is 19.3 Å². The molecule has 2 aromatic carbocycles. The number of nitrogens with zero attached hydrogens (tertiary/aromatic N) is 1. The highest BCUT2D eigenvalue weighted by Gasteiger charge is 2.17. The van der Waals surface area contributed by atoms with Gasteiger partial charge in [0.2, 0.25) is 0 Å². The second-order valence-corrected chi connectivity index (χ2v) is 5.04. The molecule has 1 atom stereocenters. The smallest absolute Gasteiger partial charge is 0.273 e. The highest BCUT2D eigenvalue weighted by atomic mass is 35.5. The quantitative estimate of drug-likeness (QED) is 0.664. The van der Waals surface area contributed by atoms with Gasteiger partial charge in [0, 0.05) is 6.07 Å². The van der Waals surface area contributed by atoms with Gasteiger partial charge in [0.15, 0.2) is 6.10 Å². The molecule has 0 aliphatic carbocycles. The Morgan fingerprint density at radius 3 is 2.74 bits per heavy atom. The molecule has 23 heavy (non-hydrogen) atoms. The van der Waals surface area contributed by atoms with Crippen molar-refractivity contribution >= 4 is 28.9 Å². The molecule has 2 aromatic rings. The number of rotatable bonds is 5. The predicted molar refractivity (Wildman–Crippen MR) is 83.2 cm³/mol. The van der Waals surface area contributed by atoms with Crippen LogP contribution in [-0.4, -0.2) is 16.9 Å². The molecule has 120 valence electrons. The second kappa shape index (κ2) is 7.06. The van der Waals surface area contributed by atoms with Crippen molar-refractivity contribution in [2.45, 2.75) is 13.0 Å². The van der Waals surface area contributed by atoms with Gasteiger partial charge in [-0.1, -0.05) is 17.7 Å². The third-order valence-electron chi connectivity index (χ3n) is 2.90. The Hall–Kier alpha value is -2.67. The summed E-state index contributed by atoms with van der Waals surface area (Å²) in [6.45, 7) is 1.48. The Morgan fingerprint density at radius 2 is 2.09 bits per heavy atom. The Balaban J connectivity index is 2.05. The first-order valence-corrected chi connectivity index (χ1v) is 6.91. The zero-order valence-corrected chi connectivity index (χ0v) is 12.7. The Bertz CT molecular complexity index is 754. The standard InChI is InChI=1S/C15H12ClFN2O4/c1-9(23-12-4-2-3-11(8-12)19(21)22)15(20)18-14-6-5-10(17)7-13(14)16/h2-9H,1H3,(H,18,20)/t9-/m0/s1. The lowest BCUT2D eigenvalue weighted by Gasteiger charge is -2.15. The Kier molecular flexibility index (Phi) is 5.13. The molecule has 0 saturated carbocycles. The summed E-state index contributed by atoms with van der Waals surface area (Å²) < 4.78 is 18.3. The topological polar surface area (TPSA) is 81.5 Å². The van der Waals surface area contributed by atoms with Crippen LogP contribution >= 0.6 is 11.6 Å². The molecule has 6 nitrogen and oxygen atoms in total. The van der Waals surface area contributed by atoms with E-state index < -0.39 is 22.8 Å². The number of anilines is 1. The summed E-state index contributed by atoms with van der Waals surface area (Å²) in [6, 6.07) is 9.05. The van der Waals surface area contributed by atoms with Gasteiger partial charge in [-0.25, -0.2) is 4.39 Å². The van der Waals surface area contributed by atoms with E-state index in [0.29, 0.717) is 0 Å². The van der Waals surface area contributed by atoms with Crippen molar-refractivity contribution < 1.29 is 18.8 Å². The van der Waals surface area contributed by atoms with Gasteiger partial charge in [0.25, 0.3) is 11.6 Å². The zero-order chi connectivity index (χ0) is 17.0. The van der Waals surface area contributed by atoms with Crippen LogP contribution in [0.3, 0.4) is 0 Å². The summed E-state index contributed by atoms with van der Waals surface area (Å²) in [7, 11) is 0. The number of ether oxygens (including phenoxy) is 1. The SMILES string of the molecule is C[C@H](Oc1cccc([N+](=O)[O-])c1)C(=O)Nc1ccc(F)cc1Cl. The van der Waals surface area contributed by atoms with E-state index in [4.69, 9.17) is 16.3 Å². The molecule has 0 bridgehead atoms. The van der Waals surface area contributed by atoms with E-state index in [1.165, 1.54) is 37.3 Å². The van der Waals surface area contributed by atoms with E-state index >= 15 is 0 Å². The number of nitro groups is 1. The van der Waals surface area contributed by atoms with Crippen LogP contribution in [0.15, 0.2) is 42.5 Å². The highest BCUT2D eigenvalue weighted by Crippen LogP contribution is 2.24. The Morgan fingerprint density at radius 1 is 1.35 bits per heavy atom. The molecule has 8 heteroatoms. The summed E-state index contributed by atoms with van der Waals surface area (Å²) >= 11 is 5.82. The van der Waals surface area contributed by atoms with Gasteiger partial charge in [-0.3, -0.25) is 14.9 Å². The minimum Gasteiger partial charge on any atom is -0.481 e. The lowest BCUT2D eigenvalue weighted by atomic mass is 10.2. The van der Waals surface area contributed by atoms with Crippen LogP contribution < -0.4 is 10.1 Å². The zero-order valence-electron chi connectivity index (χ0n) is 12.0. The molecule has 0 aliphatic heterocycles. The number of nitrogens with one attached hydrogen (secondary N) is 1. The maximum Gasteiger partial charge on any atom is 0.273 e. The first kappa shape index (κ1) is 16.7. The lowest BCUT2D eigenvalue weighted by molar-refractivity contribution is -0.384. The van der Waals surface area contributed by atoms with Gasteiger partial charge >= 0.3 is 0 Å². The lowest BCUT2D eigenvalue weighted by Crippen LogP contribution is -2.30. The molecule has 0 aliphatic rings. The van der Waals surface area contributed by atoms with Gasteiger partial charge in [-0.05, 0) is 31.2 Å². The fraction of sp³-hybridized carbons (Fsp3) is 0.133. The number of carbonyl (C=O) groups excluding carboxylic acids is 1. The molecule has 1 N–H and O–H groups in total. The first-order valence-electron chi connectivity index (χ1n) is 6.54. The van der Waals surface area contributed by atoms with Crippen molar-refractivity contribution in [1.29, 1.82) is 0 Å². The number of amides is 1. The van der Waals surface area contributed by atoms with Gasteiger partial charge in [0.1, 0.15) is 11.6 Å². The van der Waals surface area contributed by atoms with E-state index in [-0.39, 0.29) is 22.1 Å². The third-order valence-corrected chi connectivity index (χ3v) is 3.21. The minimum atomic E-state index is -0.932. The van der Waals surface area contributed by atoms with Crippen LogP contribution in [0.25, 0.3) is 0 Å². The van der Waals surface area contributed by atoms with Crippen LogP contribution in [0.2, 0.25) is 5.02 Å². The average molecular weight is 339 g/mol. The number of nitro benzene ring substituents is 1. The molecule has 1 amide bonds. The van der Waals surface area contributed by atoms with E-state index in [1.807, 2.05) is 0 Å². The van der Waals surface area contributed by atoms with E-state index in [0.717, 1.165) is 12.1 Å². The molecular weight excluding hydrogens is 327 g/mol. The van der Waals surface area contributed by atoms with Gasteiger partial charge in [0.05, 0.1) is 21.7 Å². The fourth-order valence-electron chi connectivity index (χ4n) is 1.75. The van der Waals surface area contributed by atoms with Crippen molar-refractivity contribution in [2.75, 3.05) is 5.32 Å². The van der Waals surface area contributed by atoms with Crippen molar-refractivity contribution in [3.8, 4) is 5.75 Å². The molecule has 0 unspecified atom stereocenters. The summed E-state index contributed by atoms with van der Waals surface area (Å²) in [5.41, 5.74) is 0.101. The monoisotopic (exact) mass is 338 g/mol. The van der Waals surface area contributed by atoms with Gasteiger partial charge in [-0.2, -0.15) is 0 Å². The van der Waals surface area contributed by atoms with Gasteiger partial charge < -0.3 is 10.1 Å². The number of non-ortho nitro benzene ring substituents is 1. The number of carbonyl (C=O) groups is 1. The molecule has 0 radical (unpaired) electrons. The average Bonchev–Trinajstić information content (AvgIpc) is 2.50. The molecular formula is C15H12ClFN2O4. The van der Waals surface area contributed by atoms with Crippen molar-refractivity contribution in [3.63, 3.8) is 0 Å². The van der Waals surface area contributed by atoms with Crippen molar-refractivity contribution in [3.05, 3.63) is 63.4 Å². The summed E-state index contributed by atoms with van der Waals surface area (Å²) in [6.07, 6.45) is -0.932. The third kappa shape index (κ3) is 4.40. The number of hydrogen-bond donors (Lipinski definition) is 1. The van der Waals surface area contributed by atoms with Crippen LogP contribution in [0, 0.1) is 15.9 Å². The second-order valence-electron chi connectivity index (χ2n) is 4.63. The molecule has 0 fully saturated rings. The number of halogens is 2. The number of benzene rings is 2.